The molecule has 1 aromatic carbocycles. The molecule has 1 aromatic heterocycles. The van der Waals surface area contributed by atoms with E-state index in [0.29, 0.717) is 18.0 Å². The first-order valence-corrected chi connectivity index (χ1v) is 7.80. The summed E-state index contributed by atoms with van der Waals surface area (Å²) in [6.07, 6.45) is 1.51. The molecule has 112 valence electrons. The third-order valence-corrected chi connectivity index (χ3v) is 4.28. The van der Waals surface area contributed by atoms with Crippen LogP contribution < -0.4 is 10.5 Å². The van der Waals surface area contributed by atoms with Gasteiger partial charge in [-0.15, -0.1) is 0 Å². The van der Waals surface area contributed by atoms with Gasteiger partial charge in [0.2, 0.25) is 0 Å². The van der Waals surface area contributed by atoms with Gasteiger partial charge in [-0.1, -0.05) is 12.1 Å². The van der Waals surface area contributed by atoms with E-state index in [4.69, 9.17) is 10.5 Å². The lowest BCUT2D eigenvalue weighted by atomic mass is 10.2. The molecule has 21 heavy (non-hydrogen) atoms. The van der Waals surface area contributed by atoms with Crippen LogP contribution in [-0.4, -0.2) is 20.5 Å². The first kappa shape index (κ1) is 15.4. The maximum atomic E-state index is 12.4. The van der Waals surface area contributed by atoms with Crippen LogP contribution in [0.4, 0.5) is 5.69 Å². The molecule has 1 heterocycles. The van der Waals surface area contributed by atoms with Gasteiger partial charge in [0.25, 0.3) is 10.0 Å². The number of nitrogens with two attached hydrogens (primary N) is 1. The monoisotopic (exact) mass is 307 g/mol. The number of benzene rings is 1. The molecule has 0 aliphatic heterocycles. The number of hydrogen-bond acceptors (Lipinski definition) is 5. The molecule has 0 amide bonds. The third kappa shape index (κ3) is 3.78. The molecule has 0 aliphatic rings. The van der Waals surface area contributed by atoms with E-state index in [1.54, 1.807) is 31.4 Å². The number of anilines is 1. The molecule has 0 spiro atoms. The maximum Gasteiger partial charge on any atom is 0.263 e. The molecule has 7 heteroatoms. The predicted molar refractivity (Wildman–Crippen MR) is 80.1 cm³/mol. The van der Waals surface area contributed by atoms with E-state index in [1.807, 2.05) is 6.07 Å². The average molecular weight is 307 g/mol. The van der Waals surface area contributed by atoms with Crippen molar-refractivity contribution in [1.82, 2.24) is 4.98 Å². The fraction of sp³-hybridized carbons (Fsp3) is 0.214. The molecular weight excluding hydrogens is 290 g/mol. The molecule has 2 rings (SSSR count). The minimum atomic E-state index is -3.72. The molecular formula is C14H17N3O3S. The van der Waals surface area contributed by atoms with Crippen molar-refractivity contribution < 1.29 is 13.2 Å². The Morgan fingerprint density at radius 2 is 2.10 bits per heavy atom. The van der Waals surface area contributed by atoms with Gasteiger partial charge in [-0.2, -0.15) is 0 Å². The second kappa shape index (κ2) is 6.66. The zero-order valence-electron chi connectivity index (χ0n) is 11.6. The fourth-order valence-corrected chi connectivity index (χ4v) is 3.17. The second-order valence-corrected chi connectivity index (χ2v) is 6.04. The number of nitrogens with zero attached hydrogens (tertiary/aromatic N) is 1. The summed E-state index contributed by atoms with van der Waals surface area (Å²) in [7, 11) is -2.14. The number of aromatic nitrogens is 1. The largest absolute Gasteiger partial charge is 0.380 e. The van der Waals surface area contributed by atoms with Crippen LogP contribution in [0.2, 0.25) is 0 Å². The number of sulfonamides is 1. The highest BCUT2D eigenvalue weighted by molar-refractivity contribution is 7.92. The van der Waals surface area contributed by atoms with Crippen LogP contribution in [0.1, 0.15) is 11.3 Å². The van der Waals surface area contributed by atoms with Crippen molar-refractivity contribution in [3.8, 4) is 0 Å². The molecule has 2 aromatic rings. The van der Waals surface area contributed by atoms with Crippen LogP contribution in [0.15, 0.2) is 47.5 Å². The highest BCUT2D eigenvalue weighted by Gasteiger charge is 2.18. The second-order valence-electron chi connectivity index (χ2n) is 4.39. The topological polar surface area (TPSA) is 94.3 Å². The summed E-state index contributed by atoms with van der Waals surface area (Å²) in [4.78, 5) is 4.08. The number of pyridine rings is 1. The normalized spacial score (nSPS) is 11.3. The minimum Gasteiger partial charge on any atom is -0.380 e. The van der Waals surface area contributed by atoms with Crippen molar-refractivity contribution >= 4 is 15.7 Å². The number of nitrogens with one attached hydrogen (secondary N) is 1. The van der Waals surface area contributed by atoms with Gasteiger partial charge < -0.3 is 10.5 Å². The smallest absolute Gasteiger partial charge is 0.263 e. The van der Waals surface area contributed by atoms with Crippen molar-refractivity contribution in [3.05, 3.63) is 53.9 Å². The van der Waals surface area contributed by atoms with Crippen LogP contribution in [0.3, 0.4) is 0 Å². The van der Waals surface area contributed by atoms with E-state index >= 15 is 0 Å². The van der Waals surface area contributed by atoms with Gasteiger partial charge in [0.05, 0.1) is 12.3 Å². The predicted octanol–water partition coefficient (Wildman–Crippen LogP) is 1.49. The molecule has 0 aliphatic carbocycles. The molecule has 0 unspecified atom stereocenters. The Morgan fingerprint density at radius 1 is 1.29 bits per heavy atom. The Hall–Kier alpha value is -1.96. The lowest BCUT2D eigenvalue weighted by molar-refractivity contribution is 0.185. The number of hydrogen-bond donors (Lipinski definition) is 2. The zero-order valence-corrected chi connectivity index (χ0v) is 12.4. The first-order valence-electron chi connectivity index (χ1n) is 6.31. The molecule has 6 nitrogen and oxygen atoms in total. The van der Waals surface area contributed by atoms with Gasteiger partial charge in [-0.05, 0) is 29.8 Å². The van der Waals surface area contributed by atoms with Crippen LogP contribution in [0, 0.1) is 0 Å². The summed E-state index contributed by atoms with van der Waals surface area (Å²) >= 11 is 0. The van der Waals surface area contributed by atoms with E-state index in [1.165, 1.54) is 12.3 Å². The molecule has 3 N–H and O–H groups in total. The van der Waals surface area contributed by atoms with E-state index in [2.05, 4.69) is 9.71 Å². The Balaban J connectivity index is 2.31. The summed E-state index contributed by atoms with van der Waals surface area (Å²) in [5.74, 6) is 0. The Kier molecular flexibility index (Phi) is 4.89. The van der Waals surface area contributed by atoms with E-state index in [-0.39, 0.29) is 11.4 Å². The fourth-order valence-electron chi connectivity index (χ4n) is 1.92. The first-order chi connectivity index (χ1) is 10.1. The van der Waals surface area contributed by atoms with E-state index in [9.17, 15) is 8.42 Å². The van der Waals surface area contributed by atoms with Crippen molar-refractivity contribution in [2.75, 3.05) is 11.8 Å². The maximum absolute atomic E-state index is 12.4. The SMILES string of the molecule is COCc1cccc(NS(=O)(=O)c2cccnc2CN)c1. The lowest BCUT2D eigenvalue weighted by Crippen LogP contribution is -2.17. The third-order valence-electron chi connectivity index (χ3n) is 2.82. The molecule has 0 saturated heterocycles. The van der Waals surface area contributed by atoms with Gasteiger partial charge in [0, 0.05) is 25.5 Å². The van der Waals surface area contributed by atoms with E-state index < -0.39 is 10.0 Å². The zero-order chi connectivity index (χ0) is 15.3. The quantitative estimate of drug-likeness (QED) is 0.843. The van der Waals surface area contributed by atoms with Gasteiger partial charge in [-0.25, -0.2) is 8.42 Å². The van der Waals surface area contributed by atoms with Crippen LogP contribution in [-0.2, 0) is 27.9 Å². The number of rotatable bonds is 6. The van der Waals surface area contributed by atoms with Gasteiger partial charge in [-0.3, -0.25) is 9.71 Å². The lowest BCUT2D eigenvalue weighted by Gasteiger charge is -2.11. The van der Waals surface area contributed by atoms with Gasteiger partial charge in [0.15, 0.2) is 0 Å². The molecule has 0 saturated carbocycles. The molecule has 0 fully saturated rings. The number of ether oxygens (including phenoxy) is 1. The summed E-state index contributed by atoms with van der Waals surface area (Å²) in [6, 6.07) is 10.1. The summed E-state index contributed by atoms with van der Waals surface area (Å²) in [5.41, 5.74) is 7.21. The van der Waals surface area contributed by atoms with Crippen LogP contribution >= 0.6 is 0 Å². The highest BCUT2D eigenvalue weighted by Crippen LogP contribution is 2.19. The van der Waals surface area contributed by atoms with Crippen molar-refractivity contribution in [2.24, 2.45) is 5.73 Å². The molecule has 0 atom stereocenters. The van der Waals surface area contributed by atoms with E-state index in [0.717, 1.165) is 5.56 Å². The summed E-state index contributed by atoms with van der Waals surface area (Å²) in [6.45, 7) is 0.470. The van der Waals surface area contributed by atoms with Gasteiger partial charge in [0.1, 0.15) is 4.90 Å². The minimum absolute atomic E-state index is 0.0563. The molecule has 0 bridgehead atoms. The van der Waals surface area contributed by atoms with Gasteiger partial charge >= 0.3 is 0 Å². The summed E-state index contributed by atoms with van der Waals surface area (Å²) in [5, 5.41) is 0. The highest BCUT2D eigenvalue weighted by atomic mass is 32.2. The van der Waals surface area contributed by atoms with Crippen molar-refractivity contribution in [3.63, 3.8) is 0 Å². The Labute approximate surface area is 124 Å². The van der Waals surface area contributed by atoms with Crippen molar-refractivity contribution in [1.29, 1.82) is 0 Å². The molecule has 0 radical (unpaired) electrons. The average Bonchev–Trinajstić information content (AvgIpc) is 2.47. The number of methoxy groups -OCH3 is 1. The van der Waals surface area contributed by atoms with Crippen molar-refractivity contribution in [2.45, 2.75) is 18.0 Å². The Morgan fingerprint density at radius 3 is 2.81 bits per heavy atom. The van der Waals surface area contributed by atoms with Crippen LogP contribution in [0.25, 0.3) is 0 Å². The van der Waals surface area contributed by atoms with Crippen LogP contribution in [0.5, 0.6) is 0 Å². The Bertz CT molecular complexity index is 717. The standard InChI is InChI=1S/C14H17N3O3S/c1-20-10-11-4-2-5-12(8-11)17-21(18,19)14-6-3-7-16-13(14)9-15/h2-8,17H,9-10,15H2,1H3. The summed E-state index contributed by atoms with van der Waals surface area (Å²) < 4.78 is 32.4.